The number of para-hydroxylation sites is 1. The Hall–Kier alpha value is -4.48. The van der Waals surface area contributed by atoms with Crippen LogP contribution in [0.3, 0.4) is 0 Å². The molecule has 234 valence electrons. The molecule has 2 N–H and O–H groups in total. The standard InChI is InChI=1S/C32H36F3N5O4/c1-21-7-3-4-8-26(21)38-15-17-39(18-16-38)27-11-10-23(30(42)36-12-6-14-40-13-5-9-28(40)41)20-25(27)37-31(43)24-19-22(2)44-29(24)32(33,34)35/h3-4,7-8,10-11,19-20H,5-6,9,12-18H2,1-2H3,(H,36,42)(H,37,43). The zero-order valence-corrected chi connectivity index (χ0v) is 24.8. The zero-order valence-electron chi connectivity index (χ0n) is 24.8. The molecule has 2 aromatic carbocycles. The number of halogens is 3. The van der Waals surface area contributed by atoms with Gasteiger partial charge in [-0.05, 0) is 62.6 Å². The normalized spacial score (nSPS) is 15.6. The van der Waals surface area contributed by atoms with Crippen molar-refractivity contribution in [2.75, 3.05) is 60.9 Å². The molecule has 2 saturated heterocycles. The van der Waals surface area contributed by atoms with Crippen molar-refractivity contribution < 1.29 is 32.0 Å². The maximum absolute atomic E-state index is 13.6. The molecule has 12 heteroatoms. The highest BCUT2D eigenvalue weighted by Gasteiger charge is 2.40. The zero-order chi connectivity index (χ0) is 31.4. The Kier molecular flexibility index (Phi) is 9.17. The number of rotatable bonds is 9. The molecule has 0 aliphatic carbocycles. The number of hydrogen-bond acceptors (Lipinski definition) is 6. The topological polar surface area (TPSA) is 98.1 Å². The van der Waals surface area contributed by atoms with Crippen LogP contribution in [-0.4, -0.2) is 68.4 Å². The maximum Gasteiger partial charge on any atom is 0.450 e. The molecule has 2 fully saturated rings. The summed E-state index contributed by atoms with van der Waals surface area (Å²) < 4.78 is 45.7. The van der Waals surface area contributed by atoms with Gasteiger partial charge in [-0.15, -0.1) is 0 Å². The van der Waals surface area contributed by atoms with E-state index in [9.17, 15) is 27.6 Å². The van der Waals surface area contributed by atoms with Gasteiger partial charge < -0.3 is 29.8 Å². The Morgan fingerprint density at radius 2 is 1.61 bits per heavy atom. The molecule has 3 heterocycles. The minimum Gasteiger partial charge on any atom is -0.456 e. The van der Waals surface area contributed by atoms with Gasteiger partial charge in [-0.1, -0.05) is 18.2 Å². The van der Waals surface area contributed by atoms with Gasteiger partial charge in [0.1, 0.15) is 5.76 Å². The SMILES string of the molecule is Cc1cc(C(=O)Nc2cc(C(=O)NCCCN3CCCC3=O)ccc2N2CCN(c3ccccc3C)CC2)c(C(F)(F)F)o1. The Bertz CT molecular complexity index is 1530. The van der Waals surface area contributed by atoms with Crippen LogP contribution in [0, 0.1) is 13.8 Å². The summed E-state index contributed by atoms with van der Waals surface area (Å²) in [6.07, 6.45) is -2.87. The molecular formula is C32H36F3N5O4. The first-order valence-electron chi connectivity index (χ1n) is 14.8. The molecule has 5 rings (SSSR count). The number of furan rings is 1. The van der Waals surface area contributed by atoms with Crippen LogP contribution in [0.5, 0.6) is 0 Å². The van der Waals surface area contributed by atoms with E-state index in [1.54, 1.807) is 17.0 Å². The van der Waals surface area contributed by atoms with E-state index in [4.69, 9.17) is 4.42 Å². The predicted octanol–water partition coefficient (Wildman–Crippen LogP) is 5.24. The molecule has 3 amide bonds. The Morgan fingerprint density at radius 3 is 2.27 bits per heavy atom. The lowest BCUT2D eigenvalue weighted by molar-refractivity contribution is -0.153. The van der Waals surface area contributed by atoms with Crippen LogP contribution in [-0.2, 0) is 11.0 Å². The van der Waals surface area contributed by atoms with Crippen molar-refractivity contribution in [1.82, 2.24) is 10.2 Å². The van der Waals surface area contributed by atoms with Crippen LogP contribution in [0.2, 0.25) is 0 Å². The second-order valence-corrected chi connectivity index (χ2v) is 11.1. The van der Waals surface area contributed by atoms with Crippen molar-refractivity contribution in [1.29, 1.82) is 0 Å². The van der Waals surface area contributed by atoms with Crippen molar-refractivity contribution in [2.45, 2.75) is 39.3 Å². The number of alkyl halides is 3. The maximum atomic E-state index is 13.6. The average molecular weight is 612 g/mol. The summed E-state index contributed by atoms with van der Waals surface area (Å²) in [5, 5.41) is 5.47. The molecule has 0 unspecified atom stereocenters. The molecule has 0 spiro atoms. The number of carbonyl (C=O) groups is 3. The molecule has 0 bridgehead atoms. The molecule has 44 heavy (non-hydrogen) atoms. The number of nitrogens with one attached hydrogen (secondary N) is 2. The quantitative estimate of drug-likeness (QED) is 0.322. The third-order valence-corrected chi connectivity index (χ3v) is 8.00. The fourth-order valence-electron chi connectivity index (χ4n) is 5.76. The second-order valence-electron chi connectivity index (χ2n) is 11.1. The summed E-state index contributed by atoms with van der Waals surface area (Å²) in [7, 11) is 0. The number of likely N-dealkylation sites (tertiary alicyclic amines) is 1. The molecule has 0 saturated carbocycles. The predicted molar refractivity (Wildman–Crippen MR) is 161 cm³/mol. The second kappa shape index (κ2) is 13.0. The van der Waals surface area contributed by atoms with Crippen LogP contribution in [0.25, 0.3) is 0 Å². The summed E-state index contributed by atoms with van der Waals surface area (Å²) in [5.74, 6) is -2.67. The largest absolute Gasteiger partial charge is 0.456 e. The Morgan fingerprint density at radius 1 is 0.909 bits per heavy atom. The van der Waals surface area contributed by atoms with E-state index in [2.05, 4.69) is 34.6 Å². The van der Waals surface area contributed by atoms with Gasteiger partial charge in [-0.2, -0.15) is 13.2 Å². The fourth-order valence-corrected chi connectivity index (χ4v) is 5.76. The third kappa shape index (κ3) is 7.00. The first-order valence-corrected chi connectivity index (χ1v) is 14.8. The molecule has 0 radical (unpaired) electrons. The number of hydrogen-bond donors (Lipinski definition) is 2. The first-order chi connectivity index (χ1) is 21.0. The minimum atomic E-state index is -4.85. The number of nitrogens with zero attached hydrogens (tertiary/aromatic N) is 3. The van der Waals surface area contributed by atoms with E-state index in [1.807, 2.05) is 17.0 Å². The van der Waals surface area contributed by atoms with Gasteiger partial charge in [-0.25, -0.2) is 0 Å². The summed E-state index contributed by atoms with van der Waals surface area (Å²) >= 11 is 0. The van der Waals surface area contributed by atoms with Crippen molar-refractivity contribution in [3.8, 4) is 0 Å². The number of amides is 3. The number of carbonyl (C=O) groups excluding carboxylic acids is 3. The molecule has 0 atom stereocenters. The molecule has 2 aliphatic heterocycles. The van der Waals surface area contributed by atoms with Gasteiger partial charge in [-0.3, -0.25) is 14.4 Å². The van der Waals surface area contributed by atoms with Gasteiger partial charge in [0.2, 0.25) is 11.7 Å². The van der Waals surface area contributed by atoms with Crippen molar-refractivity contribution in [3.63, 3.8) is 0 Å². The molecule has 9 nitrogen and oxygen atoms in total. The lowest BCUT2D eigenvalue weighted by Gasteiger charge is -2.38. The number of aryl methyl sites for hydroxylation is 2. The van der Waals surface area contributed by atoms with Gasteiger partial charge in [0.05, 0.1) is 16.9 Å². The van der Waals surface area contributed by atoms with E-state index in [-0.39, 0.29) is 28.8 Å². The van der Waals surface area contributed by atoms with E-state index < -0.39 is 23.4 Å². The lowest BCUT2D eigenvalue weighted by Crippen LogP contribution is -2.47. The third-order valence-electron chi connectivity index (χ3n) is 8.00. The fraction of sp³-hybridized carbons (Fsp3) is 0.406. The van der Waals surface area contributed by atoms with Crippen LogP contribution >= 0.6 is 0 Å². The van der Waals surface area contributed by atoms with E-state index in [0.717, 1.165) is 30.3 Å². The smallest absolute Gasteiger partial charge is 0.450 e. The average Bonchev–Trinajstić information content (AvgIpc) is 3.60. The minimum absolute atomic E-state index is 0.0428. The van der Waals surface area contributed by atoms with Crippen molar-refractivity contribution >= 4 is 34.8 Å². The van der Waals surface area contributed by atoms with Gasteiger partial charge in [0.25, 0.3) is 11.8 Å². The van der Waals surface area contributed by atoms with Crippen molar-refractivity contribution in [2.24, 2.45) is 0 Å². The number of piperazine rings is 1. The van der Waals surface area contributed by atoms with Crippen LogP contribution in [0.1, 0.15) is 57.1 Å². The van der Waals surface area contributed by atoms with E-state index in [0.29, 0.717) is 57.8 Å². The summed E-state index contributed by atoms with van der Waals surface area (Å²) in [5.41, 5.74) is 2.74. The van der Waals surface area contributed by atoms with E-state index in [1.165, 1.54) is 13.0 Å². The van der Waals surface area contributed by atoms with Gasteiger partial charge >= 0.3 is 6.18 Å². The number of anilines is 3. The van der Waals surface area contributed by atoms with Gasteiger partial charge in [0, 0.05) is 63.5 Å². The van der Waals surface area contributed by atoms with Crippen LogP contribution in [0.4, 0.5) is 30.2 Å². The highest BCUT2D eigenvalue weighted by atomic mass is 19.4. The summed E-state index contributed by atoms with van der Waals surface area (Å²) in [6, 6.07) is 14.0. The molecule has 2 aliphatic rings. The molecular weight excluding hydrogens is 575 g/mol. The Balaban J connectivity index is 1.34. The van der Waals surface area contributed by atoms with Crippen LogP contribution < -0.4 is 20.4 Å². The monoisotopic (exact) mass is 611 g/mol. The highest BCUT2D eigenvalue weighted by Crippen LogP contribution is 2.36. The van der Waals surface area contributed by atoms with Crippen molar-refractivity contribution in [3.05, 3.63) is 76.7 Å². The van der Waals surface area contributed by atoms with Crippen LogP contribution in [0.15, 0.2) is 52.9 Å². The van der Waals surface area contributed by atoms with E-state index >= 15 is 0 Å². The lowest BCUT2D eigenvalue weighted by atomic mass is 10.1. The van der Waals surface area contributed by atoms with Gasteiger partial charge in [0.15, 0.2) is 0 Å². The summed E-state index contributed by atoms with van der Waals surface area (Å²) in [4.78, 5) is 44.2. The number of benzene rings is 2. The summed E-state index contributed by atoms with van der Waals surface area (Å²) in [6.45, 7) is 7.59. The highest BCUT2D eigenvalue weighted by molar-refractivity contribution is 6.08. The molecule has 1 aromatic heterocycles. The Labute approximate surface area is 254 Å². The molecule has 3 aromatic rings. The first kappa shape index (κ1) is 31.0.